The Labute approximate surface area is 385 Å². The summed E-state index contributed by atoms with van der Waals surface area (Å²) in [6.45, 7) is 24.2. The lowest BCUT2D eigenvalue weighted by atomic mass is 10.2. The molecule has 0 aromatic rings. The number of carbonyl (C=O) groups excluding carboxylic acids is 5. The highest BCUT2D eigenvalue weighted by Crippen LogP contribution is 2.09. The number of rotatable bonds is 29. The average molecular weight is 947 g/mol. The Morgan fingerprint density at radius 2 is 0.769 bits per heavy atom. The van der Waals surface area contributed by atoms with Crippen molar-refractivity contribution in [3.8, 4) is 0 Å². The van der Waals surface area contributed by atoms with Crippen molar-refractivity contribution in [2.75, 3.05) is 132 Å². The van der Waals surface area contributed by atoms with Crippen LogP contribution in [0.25, 0.3) is 0 Å². The molecule has 0 atom stereocenters. The molecule has 0 rings (SSSR count). The molecule has 0 heterocycles. The maximum Gasteiger partial charge on any atom is 0.407 e. The lowest BCUT2D eigenvalue weighted by Gasteiger charge is -2.24. The van der Waals surface area contributed by atoms with Crippen LogP contribution in [0.5, 0.6) is 0 Å². The minimum atomic E-state index is -1.01. The number of carboxylic acids is 1. The summed E-state index contributed by atoms with van der Waals surface area (Å²) < 4.78 is 45.9. The molecule has 23 heteroatoms. The maximum absolute atomic E-state index is 11.9. The quantitative estimate of drug-likeness (QED) is 0.0346. The smallest absolute Gasteiger partial charge is 0.407 e. The highest BCUT2D eigenvalue weighted by molar-refractivity contribution is 5.73. The number of nitrogens with zero attached hydrogens (tertiary/aromatic N) is 2. The lowest BCUT2D eigenvalue weighted by Crippen LogP contribution is -2.38. The zero-order chi connectivity index (χ0) is 50.5. The van der Waals surface area contributed by atoms with Gasteiger partial charge in [-0.2, -0.15) is 0 Å². The molecular weight excluding hydrogens is 864 g/mol. The first-order valence-corrected chi connectivity index (χ1v) is 21.4. The molecule has 0 unspecified atom stereocenters. The second-order valence-electron chi connectivity index (χ2n) is 17.7. The largest absolute Gasteiger partial charge is 0.480 e. The third kappa shape index (κ3) is 54.3. The van der Waals surface area contributed by atoms with Crippen molar-refractivity contribution in [2.24, 2.45) is 0 Å². The van der Waals surface area contributed by atoms with Gasteiger partial charge in [0, 0.05) is 39.3 Å². The molecule has 65 heavy (non-hydrogen) atoms. The highest BCUT2D eigenvalue weighted by Gasteiger charge is 2.21. The first-order chi connectivity index (χ1) is 30.0. The monoisotopic (exact) mass is 947 g/mol. The molecular formula is C42H82N4O19. The van der Waals surface area contributed by atoms with E-state index in [9.17, 15) is 28.8 Å². The summed E-state index contributed by atoms with van der Waals surface area (Å²) in [5.41, 5.74) is -2.16. The summed E-state index contributed by atoms with van der Waals surface area (Å²) in [6, 6.07) is 0. The number of aliphatic carboxylic acids is 1. The molecule has 0 saturated heterocycles. The summed E-state index contributed by atoms with van der Waals surface area (Å²) in [6.07, 6.45) is -1.00. The van der Waals surface area contributed by atoms with Gasteiger partial charge in [-0.05, 0) is 83.1 Å². The van der Waals surface area contributed by atoms with Crippen LogP contribution in [0, 0.1) is 0 Å². The van der Waals surface area contributed by atoms with Crippen LogP contribution in [0.15, 0.2) is 0 Å². The van der Waals surface area contributed by atoms with E-state index in [1.165, 1.54) is 0 Å². The van der Waals surface area contributed by atoms with Gasteiger partial charge >= 0.3 is 36.1 Å². The van der Waals surface area contributed by atoms with Crippen molar-refractivity contribution < 1.29 is 91.8 Å². The molecule has 2 amide bonds. The fourth-order valence-electron chi connectivity index (χ4n) is 4.24. The summed E-state index contributed by atoms with van der Waals surface area (Å²) in [5.74, 6) is -2.31. The van der Waals surface area contributed by atoms with Gasteiger partial charge < -0.3 is 73.7 Å². The van der Waals surface area contributed by atoms with E-state index in [2.05, 4.69) is 10.6 Å². The maximum atomic E-state index is 11.9. The Kier molecular flexibility index (Phi) is 37.4. The fraction of sp³-hybridized carbons (Fsp3) is 0.857. The van der Waals surface area contributed by atoms with E-state index in [0.717, 1.165) is 0 Å². The van der Waals surface area contributed by atoms with E-state index >= 15 is 0 Å². The minimum Gasteiger partial charge on any atom is -0.480 e. The number of aliphatic hydroxyl groups is 3. The van der Waals surface area contributed by atoms with Gasteiger partial charge in [-0.3, -0.25) is 19.4 Å². The molecule has 0 aromatic heterocycles. The minimum absolute atomic E-state index is 0.00793. The van der Waals surface area contributed by atoms with E-state index in [4.69, 9.17) is 63.1 Å². The van der Waals surface area contributed by atoms with Crippen LogP contribution >= 0.6 is 0 Å². The third-order valence-electron chi connectivity index (χ3n) is 6.48. The van der Waals surface area contributed by atoms with Crippen molar-refractivity contribution in [1.29, 1.82) is 0 Å². The SMILES string of the molecule is CC(C)(C)OC(=O)CN(CCO)CCO.CC(C)(C)OC(=O)CN(CCO)CCOC(=O)COCCOCCNC(=O)OC(C)(C)C.CC(C)(C)OC(=O)NCCOCCOCC(=O)O. The number of aliphatic hydroxyl groups excluding tert-OH is 3. The molecule has 0 aliphatic carbocycles. The zero-order valence-electron chi connectivity index (χ0n) is 40.9. The first kappa shape index (κ1) is 65.3. The molecule has 0 spiro atoms. The van der Waals surface area contributed by atoms with Gasteiger partial charge in [0.1, 0.15) is 42.2 Å². The molecule has 0 aromatic carbocycles. The number of esters is 3. The molecule has 0 saturated carbocycles. The Bertz CT molecular complexity index is 1290. The molecule has 384 valence electrons. The standard InChI is InChI=1S/C21H40N2O9.C11H21NO6.C10H21NO4/c1-20(2,3)31-17(25)15-23(8-10-24)9-12-30-18(26)16-29-14-13-28-11-7-22-19(27)32-21(4,5)6;1-11(2,3)18-10(15)12-4-5-16-6-7-17-8-9(13)14;1-10(2,3)15-9(14)8-11(4-6-12)5-7-13/h24H,7-16H2,1-6H3,(H,22,27);4-8H2,1-3H3,(H,12,15)(H,13,14);12-13H,4-8H2,1-3H3. The van der Waals surface area contributed by atoms with Crippen LogP contribution in [0.3, 0.4) is 0 Å². The number of hydrogen-bond acceptors (Lipinski definition) is 20. The number of carbonyl (C=O) groups is 6. The Balaban J connectivity index is -0.000000980. The van der Waals surface area contributed by atoms with Gasteiger partial charge in [0.05, 0.1) is 72.6 Å². The van der Waals surface area contributed by atoms with E-state index in [-0.39, 0.29) is 105 Å². The van der Waals surface area contributed by atoms with Crippen LogP contribution in [0.2, 0.25) is 0 Å². The van der Waals surface area contributed by atoms with Crippen molar-refractivity contribution in [1.82, 2.24) is 20.4 Å². The summed E-state index contributed by atoms with van der Waals surface area (Å²) in [4.78, 5) is 71.0. The summed E-state index contributed by atoms with van der Waals surface area (Å²) >= 11 is 0. The summed E-state index contributed by atoms with van der Waals surface area (Å²) in [7, 11) is 0. The molecule has 0 aliphatic rings. The first-order valence-electron chi connectivity index (χ1n) is 21.4. The van der Waals surface area contributed by atoms with Gasteiger partial charge in [-0.1, -0.05) is 0 Å². The number of ether oxygens (including phenoxy) is 9. The predicted octanol–water partition coefficient (Wildman–Crippen LogP) is 0.967. The Hall–Kier alpha value is -3.94. The van der Waals surface area contributed by atoms with E-state index in [1.807, 2.05) is 0 Å². The molecule has 6 N–H and O–H groups in total. The molecule has 0 bridgehead atoms. The Morgan fingerprint density at radius 3 is 1.11 bits per heavy atom. The van der Waals surface area contributed by atoms with Gasteiger partial charge in [0.15, 0.2) is 0 Å². The van der Waals surface area contributed by atoms with Crippen molar-refractivity contribution in [3.63, 3.8) is 0 Å². The van der Waals surface area contributed by atoms with Gasteiger partial charge in [-0.15, -0.1) is 0 Å². The van der Waals surface area contributed by atoms with Gasteiger partial charge in [0.25, 0.3) is 0 Å². The average Bonchev–Trinajstić information content (AvgIpc) is 3.11. The van der Waals surface area contributed by atoms with Crippen molar-refractivity contribution in [3.05, 3.63) is 0 Å². The third-order valence-corrected chi connectivity index (χ3v) is 6.48. The summed E-state index contributed by atoms with van der Waals surface area (Å²) in [5, 5.41) is 40.0. The van der Waals surface area contributed by atoms with Crippen molar-refractivity contribution in [2.45, 2.75) is 105 Å². The van der Waals surface area contributed by atoms with Crippen LogP contribution in [0.4, 0.5) is 9.59 Å². The molecule has 0 aliphatic heterocycles. The number of nitrogens with one attached hydrogen (secondary N) is 2. The topological polar surface area (TPSA) is 297 Å². The number of carboxylic acid groups (broad SMARTS) is 1. The van der Waals surface area contributed by atoms with Crippen molar-refractivity contribution >= 4 is 36.1 Å². The number of amides is 2. The van der Waals surface area contributed by atoms with Crippen LogP contribution in [0.1, 0.15) is 83.1 Å². The Morgan fingerprint density at radius 1 is 0.431 bits per heavy atom. The normalized spacial score (nSPS) is 11.6. The molecule has 0 radical (unpaired) electrons. The van der Waals surface area contributed by atoms with Gasteiger partial charge in [-0.25, -0.2) is 19.2 Å². The second-order valence-corrected chi connectivity index (χ2v) is 17.7. The number of alkyl carbamates (subject to hydrolysis) is 2. The van der Waals surface area contributed by atoms with E-state index in [1.54, 1.807) is 92.9 Å². The van der Waals surface area contributed by atoms with E-state index in [0.29, 0.717) is 32.8 Å². The second kappa shape index (κ2) is 37.2. The molecule has 0 fully saturated rings. The number of hydrogen-bond donors (Lipinski definition) is 6. The highest BCUT2D eigenvalue weighted by atomic mass is 16.6. The lowest BCUT2D eigenvalue weighted by molar-refractivity contribution is -0.157. The zero-order valence-corrected chi connectivity index (χ0v) is 40.9. The van der Waals surface area contributed by atoms with Crippen LogP contribution < -0.4 is 10.6 Å². The van der Waals surface area contributed by atoms with Crippen LogP contribution in [-0.4, -0.2) is 220 Å². The fourth-order valence-corrected chi connectivity index (χ4v) is 4.24. The van der Waals surface area contributed by atoms with Gasteiger partial charge in [0.2, 0.25) is 0 Å². The predicted molar refractivity (Wildman–Crippen MR) is 236 cm³/mol. The van der Waals surface area contributed by atoms with Crippen LogP contribution in [-0.2, 0) is 61.8 Å². The van der Waals surface area contributed by atoms with E-state index < -0.39 is 52.5 Å². The molecule has 23 nitrogen and oxygen atoms in total.